The van der Waals surface area contributed by atoms with Crippen LogP contribution in [0.15, 0.2) is 30.3 Å². The second kappa shape index (κ2) is 5.69. The molecule has 1 unspecified atom stereocenters. The van der Waals surface area contributed by atoms with Crippen LogP contribution in [0.25, 0.3) is 11.3 Å². The highest BCUT2D eigenvalue weighted by Crippen LogP contribution is 2.29. The van der Waals surface area contributed by atoms with E-state index in [2.05, 4.69) is 5.10 Å². The minimum Gasteiger partial charge on any atom is -0.476 e. The van der Waals surface area contributed by atoms with Gasteiger partial charge in [0.05, 0.1) is 5.69 Å². The van der Waals surface area contributed by atoms with Gasteiger partial charge < -0.3 is 9.84 Å². The molecule has 0 saturated carbocycles. The number of hydrogen-bond acceptors (Lipinski definition) is 3. The number of benzene rings is 1. The molecule has 5 heteroatoms. The van der Waals surface area contributed by atoms with Gasteiger partial charge in [0.25, 0.3) is 0 Å². The number of aromatic nitrogens is 2. The summed E-state index contributed by atoms with van der Waals surface area (Å²) in [7, 11) is 0. The first-order chi connectivity index (χ1) is 10.1. The van der Waals surface area contributed by atoms with Gasteiger partial charge in [0.1, 0.15) is 0 Å². The lowest BCUT2D eigenvalue weighted by atomic mass is 10.1. The van der Waals surface area contributed by atoms with Crippen LogP contribution >= 0.6 is 0 Å². The first kappa shape index (κ1) is 13.8. The van der Waals surface area contributed by atoms with E-state index in [9.17, 15) is 9.90 Å². The predicted octanol–water partition coefficient (Wildman–Crippen LogP) is 3.26. The van der Waals surface area contributed by atoms with Gasteiger partial charge in [0.2, 0.25) is 0 Å². The zero-order chi connectivity index (χ0) is 14.8. The lowest BCUT2D eigenvalue weighted by molar-refractivity contribution is -0.0385. The normalized spacial score (nSPS) is 18.6. The average molecular weight is 286 g/mol. The molecule has 110 valence electrons. The number of aromatic carboxylic acids is 1. The Bertz CT molecular complexity index is 640. The van der Waals surface area contributed by atoms with Crippen molar-refractivity contribution in [3.8, 4) is 11.3 Å². The van der Waals surface area contributed by atoms with E-state index in [0.29, 0.717) is 6.61 Å². The number of carbonyl (C=O) groups is 1. The average Bonchev–Trinajstić information content (AvgIpc) is 2.94. The minimum atomic E-state index is -1.02. The van der Waals surface area contributed by atoms with Gasteiger partial charge in [-0.2, -0.15) is 5.10 Å². The van der Waals surface area contributed by atoms with Crippen molar-refractivity contribution in [1.82, 2.24) is 9.78 Å². The smallest absolute Gasteiger partial charge is 0.356 e. The van der Waals surface area contributed by atoms with Crippen LogP contribution in [0.2, 0.25) is 0 Å². The monoisotopic (exact) mass is 286 g/mol. The Balaban J connectivity index is 2.04. The zero-order valence-electron chi connectivity index (χ0n) is 12.0. The zero-order valence-corrected chi connectivity index (χ0v) is 12.0. The Hall–Kier alpha value is -2.14. The van der Waals surface area contributed by atoms with Crippen LogP contribution in [0.4, 0.5) is 0 Å². The van der Waals surface area contributed by atoms with E-state index in [-0.39, 0.29) is 11.9 Å². The van der Waals surface area contributed by atoms with Crippen molar-refractivity contribution in [3.05, 3.63) is 41.6 Å². The van der Waals surface area contributed by atoms with Crippen molar-refractivity contribution in [1.29, 1.82) is 0 Å². The van der Waals surface area contributed by atoms with Crippen LogP contribution in [-0.2, 0) is 4.74 Å². The summed E-state index contributed by atoms with van der Waals surface area (Å²) in [5, 5.41) is 13.4. The molecule has 3 rings (SSSR count). The fraction of sp³-hybridized carbons (Fsp3) is 0.375. The van der Waals surface area contributed by atoms with Crippen LogP contribution in [0, 0.1) is 6.92 Å². The maximum Gasteiger partial charge on any atom is 0.356 e. The van der Waals surface area contributed by atoms with Crippen molar-refractivity contribution >= 4 is 5.97 Å². The van der Waals surface area contributed by atoms with Gasteiger partial charge in [-0.05, 0) is 37.8 Å². The lowest BCUT2D eigenvalue weighted by Crippen LogP contribution is -2.20. The Morgan fingerprint density at radius 1 is 1.33 bits per heavy atom. The van der Waals surface area contributed by atoms with E-state index in [4.69, 9.17) is 4.74 Å². The van der Waals surface area contributed by atoms with E-state index in [1.807, 2.05) is 31.2 Å². The quantitative estimate of drug-likeness (QED) is 0.940. The Morgan fingerprint density at radius 2 is 2.10 bits per heavy atom. The van der Waals surface area contributed by atoms with Gasteiger partial charge in [0.15, 0.2) is 11.9 Å². The van der Waals surface area contributed by atoms with Crippen molar-refractivity contribution in [2.45, 2.75) is 32.4 Å². The number of nitrogens with zero attached hydrogens (tertiary/aromatic N) is 2. The highest BCUT2D eigenvalue weighted by Gasteiger charge is 2.23. The third-order valence-corrected chi connectivity index (χ3v) is 3.73. The van der Waals surface area contributed by atoms with Crippen LogP contribution in [0.3, 0.4) is 0 Å². The second-order valence-electron chi connectivity index (χ2n) is 5.35. The first-order valence-electron chi connectivity index (χ1n) is 7.16. The van der Waals surface area contributed by atoms with Crippen LogP contribution < -0.4 is 0 Å². The molecule has 1 atom stereocenters. The summed E-state index contributed by atoms with van der Waals surface area (Å²) in [6.07, 6.45) is 2.80. The molecule has 1 aliphatic rings. The molecule has 1 saturated heterocycles. The topological polar surface area (TPSA) is 64.3 Å². The number of ether oxygens (including phenoxy) is 1. The SMILES string of the molecule is Cc1ccc(-c2cc(C(=O)O)nn2C2CCCCO2)cc1. The van der Waals surface area contributed by atoms with Crippen molar-refractivity contribution in [2.24, 2.45) is 0 Å². The predicted molar refractivity (Wildman–Crippen MR) is 78.2 cm³/mol. The van der Waals surface area contributed by atoms with Crippen LogP contribution in [0.5, 0.6) is 0 Å². The number of carboxylic acid groups (broad SMARTS) is 1. The van der Waals surface area contributed by atoms with E-state index >= 15 is 0 Å². The van der Waals surface area contributed by atoms with Crippen LogP contribution in [0.1, 0.15) is 41.5 Å². The Kier molecular flexibility index (Phi) is 3.75. The Labute approximate surface area is 123 Å². The lowest BCUT2D eigenvalue weighted by Gasteiger charge is -2.24. The largest absolute Gasteiger partial charge is 0.476 e. The summed E-state index contributed by atoms with van der Waals surface area (Å²) in [5.41, 5.74) is 2.96. The molecule has 1 aliphatic heterocycles. The molecule has 1 fully saturated rings. The van der Waals surface area contributed by atoms with Gasteiger partial charge in [-0.25, -0.2) is 9.48 Å². The number of carboxylic acids is 1. The summed E-state index contributed by atoms with van der Waals surface area (Å²) in [4.78, 5) is 11.2. The fourth-order valence-electron chi connectivity index (χ4n) is 2.58. The van der Waals surface area contributed by atoms with Crippen molar-refractivity contribution in [3.63, 3.8) is 0 Å². The maximum absolute atomic E-state index is 11.2. The van der Waals surface area contributed by atoms with E-state index < -0.39 is 5.97 Å². The molecule has 21 heavy (non-hydrogen) atoms. The van der Waals surface area contributed by atoms with Crippen LogP contribution in [-0.4, -0.2) is 27.5 Å². The summed E-state index contributed by atoms with van der Waals surface area (Å²) >= 11 is 0. The molecule has 1 aromatic carbocycles. The minimum absolute atomic E-state index is 0.0553. The number of aryl methyl sites for hydroxylation is 1. The molecule has 0 bridgehead atoms. The standard InChI is InChI=1S/C16H18N2O3/c1-11-5-7-12(8-6-11)14-10-13(16(19)20)17-18(14)15-4-2-3-9-21-15/h5-8,10,15H,2-4,9H2,1H3,(H,19,20). The molecule has 0 aliphatic carbocycles. The molecule has 0 radical (unpaired) electrons. The molecule has 0 spiro atoms. The molecular formula is C16H18N2O3. The van der Waals surface area contributed by atoms with Gasteiger partial charge in [-0.1, -0.05) is 29.8 Å². The van der Waals surface area contributed by atoms with E-state index in [0.717, 1.165) is 36.1 Å². The van der Waals surface area contributed by atoms with Crippen molar-refractivity contribution in [2.75, 3.05) is 6.61 Å². The highest BCUT2D eigenvalue weighted by molar-refractivity contribution is 5.87. The molecule has 5 nitrogen and oxygen atoms in total. The molecule has 2 aromatic rings. The second-order valence-corrected chi connectivity index (χ2v) is 5.35. The van der Waals surface area contributed by atoms with Crippen molar-refractivity contribution < 1.29 is 14.6 Å². The summed E-state index contributed by atoms with van der Waals surface area (Å²) in [5.74, 6) is -1.02. The summed E-state index contributed by atoms with van der Waals surface area (Å²) < 4.78 is 7.47. The highest BCUT2D eigenvalue weighted by atomic mass is 16.5. The van der Waals surface area contributed by atoms with Gasteiger partial charge in [-0.3, -0.25) is 0 Å². The molecule has 2 heterocycles. The Morgan fingerprint density at radius 3 is 2.71 bits per heavy atom. The maximum atomic E-state index is 11.2. The third-order valence-electron chi connectivity index (χ3n) is 3.73. The van der Waals surface area contributed by atoms with E-state index in [1.54, 1.807) is 10.7 Å². The van der Waals surface area contributed by atoms with Gasteiger partial charge >= 0.3 is 5.97 Å². The fourth-order valence-corrected chi connectivity index (χ4v) is 2.58. The molecule has 1 aromatic heterocycles. The third kappa shape index (κ3) is 2.83. The van der Waals surface area contributed by atoms with E-state index in [1.165, 1.54) is 0 Å². The first-order valence-corrected chi connectivity index (χ1v) is 7.16. The molecule has 1 N–H and O–H groups in total. The number of rotatable bonds is 3. The summed E-state index contributed by atoms with van der Waals surface area (Å²) in [6, 6.07) is 9.60. The number of hydrogen-bond donors (Lipinski definition) is 1. The van der Waals surface area contributed by atoms with Gasteiger partial charge in [-0.15, -0.1) is 0 Å². The molecular weight excluding hydrogens is 268 g/mol. The summed E-state index contributed by atoms with van der Waals surface area (Å²) in [6.45, 7) is 2.72. The molecule has 0 amide bonds. The van der Waals surface area contributed by atoms with Gasteiger partial charge in [0, 0.05) is 6.61 Å².